The fourth-order valence-corrected chi connectivity index (χ4v) is 1.31. The van der Waals surface area contributed by atoms with Crippen LogP contribution in [-0.4, -0.2) is 34.1 Å². The van der Waals surface area contributed by atoms with Crippen LogP contribution in [0.15, 0.2) is 22.9 Å². The van der Waals surface area contributed by atoms with E-state index in [0.29, 0.717) is 23.9 Å². The first kappa shape index (κ1) is 10.6. The highest BCUT2D eigenvalue weighted by Crippen LogP contribution is 2.16. The van der Waals surface area contributed by atoms with Crippen LogP contribution in [0.3, 0.4) is 0 Å². The van der Waals surface area contributed by atoms with Crippen LogP contribution in [-0.2, 0) is 6.54 Å². The third-order valence-electron chi connectivity index (χ3n) is 1.93. The molecule has 84 valence electrons. The van der Waals surface area contributed by atoms with Gasteiger partial charge in [-0.2, -0.15) is 0 Å². The van der Waals surface area contributed by atoms with E-state index in [2.05, 4.69) is 15.1 Å². The number of nitrogens with zero attached hydrogens (tertiary/aromatic N) is 4. The number of nitrogens with two attached hydrogens (primary N) is 1. The van der Waals surface area contributed by atoms with Gasteiger partial charge < -0.3 is 15.2 Å². The van der Waals surface area contributed by atoms with Crippen LogP contribution in [0.4, 0.5) is 5.82 Å². The monoisotopic (exact) mass is 219 g/mol. The molecule has 16 heavy (non-hydrogen) atoms. The van der Waals surface area contributed by atoms with Crippen LogP contribution < -0.4 is 5.73 Å². The normalized spacial score (nSPS) is 10.9. The van der Waals surface area contributed by atoms with Gasteiger partial charge in [0.25, 0.3) is 0 Å². The predicted molar refractivity (Wildman–Crippen MR) is 59.3 cm³/mol. The Morgan fingerprint density at radius 2 is 2.25 bits per heavy atom. The summed E-state index contributed by atoms with van der Waals surface area (Å²) in [6.07, 6.45) is 1.59. The van der Waals surface area contributed by atoms with E-state index in [4.69, 9.17) is 10.3 Å². The molecule has 0 fully saturated rings. The number of rotatable bonds is 3. The van der Waals surface area contributed by atoms with Crippen molar-refractivity contribution in [2.45, 2.75) is 6.54 Å². The molecule has 0 saturated heterocycles. The molecule has 2 heterocycles. The SMILES string of the molecule is CN(C)Cc1cc(-c2nccc(N)n2)on1. The van der Waals surface area contributed by atoms with E-state index in [0.717, 1.165) is 5.69 Å². The van der Waals surface area contributed by atoms with E-state index < -0.39 is 0 Å². The first-order valence-electron chi connectivity index (χ1n) is 4.84. The van der Waals surface area contributed by atoms with Crippen molar-refractivity contribution < 1.29 is 4.52 Å². The molecule has 0 aliphatic rings. The molecule has 0 saturated carbocycles. The van der Waals surface area contributed by atoms with Crippen LogP contribution in [0.5, 0.6) is 0 Å². The van der Waals surface area contributed by atoms with E-state index >= 15 is 0 Å². The molecule has 2 aromatic rings. The van der Waals surface area contributed by atoms with Gasteiger partial charge in [-0.05, 0) is 20.2 Å². The third kappa shape index (κ3) is 2.34. The van der Waals surface area contributed by atoms with Crippen molar-refractivity contribution in [3.63, 3.8) is 0 Å². The molecule has 6 heteroatoms. The summed E-state index contributed by atoms with van der Waals surface area (Å²) >= 11 is 0. The predicted octanol–water partition coefficient (Wildman–Crippen LogP) is 0.775. The Morgan fingerprint density at radius 3 is 2.94 bits per heavy atom. The quantitative estimate of drug-likeness (QED) is 0.821. The Balaban J connectivity index is 2.24. The van der Waals surface area contributed by atoms with Crippen molar-refractivity contribution in [2.24, 2.45) is 0 Å². The van der Waals surface area contributed by atoms with E-state index in [1.54, 1.807) is 12.3 Å². The minimum absolute atomic E-state index is 0.413. The lowest BCUT2D eigenvalue weighted by atomic mass is 10.3. The molecular formula is C10H13N5O. The average molecular weight is 219 g/mol. The van der Waals surface area contributed by atoms with Crippen LogP contribution in [0.2, 0.25) is 0 Å². The molecule has 0 aromatic carbocycles. The minimum atomic E-state index is 0.413. The van der Waals surface area contributed by atoms with Crippen LogP contribution in [0.25, 0.3) is 11.6 Å². The Kier molecular flexibility index (Phi) is 2.82. The van der Waals surface area contributed by atoms with Gasteiger partial charge in [0.2, 0.25) is 11.6 Å². The van der Waals surface area contributed by atoms with Crippen molar-refractivity contribution in [3.05, 3.63) is 24.0 Å². The molecule has 0 bridgehead atoms. The summed E-state index contributed by atoms with van der Waals surface area (Å²) < 4.78 is 5.15. The van der Waals surface area contributed by atoms with Gasteiger partial charge in [0.05, 0.1) is 5.69 Å². The molecule has 0 amide bonds. The Bertz CT molecular complexity index is 480. The van der Waals surface area contributed by atoms with Crippen molar-refractivity contribution in [1.29, 1.82) is 0 Å². The maximum atomic E-state index is 5.56. The minimum Gasteiger partial charge on any atom is -0.384 e. The van der Waals surface area contributed by atoms with Crippen LogP contribution in [0, 0.1) is 0 Å². The van der Waals surface area contributed by atoms with Crippen molar-refractivity contribution >= 4 is 5.82 Å². The van der Waals surface area contributed by atoms with Gasteiger partial charge in [0.15, 0.2) is 0 Å². The largest absolute Gasteiger partial charge is 0.384 e. The van der Waals surface area contributed by atoms with Crippen molar-refractivity contribution in [3.8, 4) is 11.6 Å². The maximum Gasteiger partial charge on any atom is 0.204 e. The molecule has 0 radical (unpaired) electrons. The summed E-state index contributed by atoms with van der Waals surface area (Å²) in [6.45, 7) is 0.714. The molecule has 0 atom stereocenters. The van der Waals surface area contributed by atoms with Crippen LogP contribution in [0.1, 0.15) is 5.69 Å². The van der Waals surface area contributed by atoms with E-state index in [1.807, 2.05) is 25.1 Å². The summed E-state index contributed by atoms with van der Waals surface area (Å²) in [5, 5.41) is 3.92. The molecule has 0 aliphatic carbocycles. The number of anilines is 1. The summed E-state index contributed by atoms with van der Waals surface area (Å²) in [6, 6.07) is 3.44. The lowest BCUT2D eigenvalue weighted by Gasteiger charge is -2.04. The summed E-state index contributed by atoms with van der Waals surface area (Å²) in [5.41, 5.74) is 6.40. The Hall–Kier alpha value is -1.95. The van der Waals surface area contributed by atoms with Gasteiger partial charge in [0.1, 0.15) is 5.82 Å². The second-order valence-corrected chi connectivity index (χ2v) is 3.73. The third-order valence-corrected chi connectivity index (χ3v) is 1.93. The lowest BCUT2D eigenvalue weighted by molar-refractivity contribution is 0.366. The molecule has 0 unspecified atom stereocenters. The molecule has 0 spiro atoms. The lowest BCUT2D eigenvalue weighted by Crippen LogP contribution is -2.10. The molecule has 2 aromatic heterocycles. The highest BCUT2D eigenvalue weighted by Gasteiger charge is 2.09. The first-order chi connectivity index (χ1) is 7.65. The number of hydrogen-bond acceptors (Lipinski definition) is 6. The number of hydrogen-bond donors (Lipinski definition) is 1. The second kappa shape index (κ2) is 4.28. The second-order valence-electron chi connectivity index (χ2n) is 3.73. The van der Waals surface area contributed by atoms with Gasteiger partial charge in [-0.1, -0.05) is 5.16 Å². The number of aromatic nitrogens is 3. The first-order valence-corrected chi connectivity index (χ1v) is 4.84. The summed E-state index contributed by atoms with van der Waals surface area (Å²) in [4.78, 5) is 10.1. The van der Waals surface area contributed by atoms with Crippen molar-refractivity contribution in [2.75, 3.05) is 19.8 Å². The molecule has 2 rings (SSSR count). The van der Waals surface area contributed by atoms with Gasteiger partial charge in [-0.25, -0.2) is 9.97 Å². The zero-order valence-corrected chi connectivity index (χ0v) is 9.21. The summed E-state index contributed by atoms with van der Waals surface area (Å²) in [7, 11) is 3.93. The van der Waals surface area contributed by atoms with Gasteiger partial charge >= 0.3 is 0 Å². The fourth-order valence-electron chi connectivity index (χ4n) is 1.31. The van der Waals surface area contributed by atoms with E-state index in [1.165, 1.54) is 0 Å². The topological polar surface area (TPSA) is 81.1 Å². The Labute approximate surface area is 93.1 Å². The van der Waals surface area contributed by atoms with Crippen LogP contribution >= 0.6 is 0 Å². The van der Waals surface area contributed by atoms with Gasteiger partial charge in [-0.3, -0.25) is 0 Å². The van der Waals surface area contributed by atoms with E-state index in [-0.39, 0.29) is 0 Å². The van der Waals surface area contributed by atoms with E-state index in [9.17, 15) is 0 Å². The van der Waals surface area contributed by atoms with Crippen molar-refractivity contribution in [1.82, 2.24) is 20.0 Å². The average Bonchev–Trinajstić information content (AvgIpc) is 2.65. The molecular weight excluding hydrogens is 206 g/mol. The summed E-state index contributed by atoms with van der Waals surface area (Å²) in [5.74, 6) is 1.40. The zero-order valence-electron chi connectivity index (χ0n) is 9.21. The van der Waals surface area contributed by atoms with Gasteiger partial charge in [-0.15, -0.1) is 0 Å². The maximum absolute atomic E-state index is 5.56. The fraction of sp³-hybridized carbons (Fsp3) is 0.300. The molecule has 6 nitrogen and oxygen atoms in total. The molecule has 2 N–H and O–H groups in total. The highest BCUT2D eigenvalue weighted by molar-refractivity contribution is 5.49. The van der Waals surface area contributed by atoms with Gasteiger partial charge in [0, 0.05) is 18.8 Å². The highest BCUT2D eigenvalue weighted by atomic mass is 16.5. The molecule has 0 aliphatic heterocycles. The Morgan fingerprint density at radius 1 is 1.44 bits per heavy atom. The zero-order chi connectivity index (χ0) is 11.5. The number of nitrogen functional groups attached to an aromatic ring is 1. The smallest absolute Gasteiger partial charge is 0.204 e. The standard InChI is InChI=1S/C10H13N5O/c1-15(2)6-7-5-8(16-14-7)10-12-4-3-9(11)13-10/h3-5H,6H2,1-2H3,(H2,11,12,13).